The monoisotopic (exact) mass is 724 g/mol. The number of halogens is 3. The van der Waals surface area contributed by atoms with Gasteiger partial charge in [-0.25, -0.2) is 14.8 Å². The van der Waals surface area contributed by atoms with Gasteiger partial charge in [-0.3, -0.25) is 14.4 Å². The molecule has 0 aliphatic heterocycles. The lowest BCUT2D eigenvalue weighted by molar-refractivity contribution is -0.150. The molecule has 0 radical (unpaired) electrons. The summed E-state index contributed by atoms with van der Waals surface area (Å²) in [6.07, 6.45) is 4.96. The Morgan fingerprint density at radius 2 is 1.12 bits per heavy atom. The van der Waals surface area contributed by atoms with Gasteiger partial charge in [-0.05, 0) is 72.0 Å². The summed E-state index contributed by atoms with van der Waals surface area (Å²) >= 11 is 16.6. The Morgan fingerprint density at radius 1 is 0.694 bits per heavy atom. The lowest BCUT2D eigenvalue weighted by Gasteiger charge is -2.28. The molecule has 49 heavy (non-hydrogen) atoms. The molecule has 0 unspecified atom stereocenters. The molecule has 2 aliphatic carbocycles. The van der Waals surface area contributed by atoms with Crippen molar-refractivity contribution in [2.45, 2.75) is 50.6 Å². The van der Waals surface area contributed by atoms with Crippen LogP contribution in [0.1, 0.15) is 56.8 Å². The number of esters is 2. The summed E-state index contributed by atoms with van der Waals surface area (Å²) in [7, 11) is 0. The quantitative estimate of drug-likeness (QED) is 0.138. The number of aromatic nitrogens is 2. The number of ether oxygens (including phenoxy) is 2. The topological polar surface area (TPSA) is 151 Å². The molecule has 0 spiro atoms. The second-order valence-electron chi connectivity index (χ2n) is 11.3. The Balaban J connectivity index is 0.000000184. The average molecular weight is 726 g/mol. The van der Waals surface area contributed by atoms with Crippen LogP contribution < -0.4 is 11.1 Å². The van der Waals surface area contributed by atoms with Crippen molar-refractivity contribution in [3.05, 3.63) is 129 Å². The summed E-state index contributed by atoms with van der Waals surface area (Å²) in [4.78, 5) is 55.0. The van der Waals surface area contributed by atoms with E-state index in [2.05, 4.69) is 15.3 Å². The number of carbonyl (C=O) groups is 4. The fourth-order valence-electron chi connectivity index (χ4n) is 5.60. The maximum absolute atomic E-state index is 12.6. The van der Waals surface area contributed by atoms with E-state index in [4.69, 9.17) is 50.0 Å². The van der Waals surface area contributed by atoms with Crippen LogP contribution in [-0.2, 0) is 44.7 Å². The number of nitrogens with zero attached hydrogens (tertiary/aromatic N) is 2. The molecular formula is C36H35Cl3N4O6. The van der Waals surface area contributed by atoms with Crippen molar-refractivity contribution < 1.29 is 28.7 Å². The van der Waals surface area contributed by atoms with Crippen molar-refractivity contribution in [2.75, 3.05) is 13.2 Å². The van der Waals surface area contributed by atoms with Crippen molar-refractivity contribution in [1.82, 2.24) is 15.3 Å². The molecule has 0 bridgehead atoms. The largest absolute Gasteiger partial charge is 0.465 e. The highest BCUT2D eigenvalue weighted by Crippen LogP contribution is 2.32. The number of rotatable bonds is 7. The number of amides is 1. The zero-order valence-corrected chi connectivity index (χ0v) is 29.1. The highest BCUT2D eigenvalue weighted by Gasteiger charge is 2.46. The molecule has 4 aromatic rings. The standard InChI is InChI=1S/C18H17ClN2O3.C12H15NO2.C6H3Cl2NO/c1-2-24-17(23)18(10-12-6-3-4-7-13(12)11-18)21-16(22)14-8-5-9-20-15(14)19;1-2-15-11(14)12(13)7-9-5-3-4-6-10(9)8-12;7-5-4(6(8)10)2-1-3-9-5/h3-9H,2,10-11H2,1H3,(H,21,22);3-6H,2,7-8,13H2,1H3;1-3H. The molecule has 0 atom stereocenters. The number of nitrogens with two attached hydrogens (primary N) is 1. The lowest BCUT2D eigenvalue weighted by atomic mass is 9.95. The number of pyridine rings is 2. The highest BCUT2D eigenvalue weighted by atomic mass is 35.5. The van der Waals surface area contributed by atoms with Crippen LogP contribution in [0.5, 0.6) is 0 Å². The molecule has 0 fully saturated rings. The molecule has 6 rings (SSSR count). The van der Waals surface area contributed by atoms with Gasteiger partial charge in [0.05, 0.1) is 24.3 Å². The maximum atomic E-state index is 12.6. The normalized spacial score (nSPS) is 14.4. The van der Waals surface area contributed by atoms with Gasteiger partial charge in [-0.2, -0.15) is 0 Å². The Labute approximate surface area is 299 Å². The molecule has 13 heteroatoms. The third kappa shape index (κ3) is 9.21. The van der Waals surface area contributed by atoms with E-state index in [9.17, 15) is 19.2 Å². The zero-order valence-electron chi connectivity index (χ0n) is 26.9. The molecule has 2 heterocycles. The van der Waals surface area contributed by atoms with Crippen LogP contribution in [0, 0.1) is 0 Å². The summed E-state index contributed by atoms with van der Waals surface area (Å²) < 4.78 is 10.2. The number of nitrogens with one attached hydrogen (secondary N) is 1. The molecule has 2 aromatic heterocycles. The van der Waals surface area contributed by atoms with Crippen molar-refractivity contribution in [1.29, 1.82) is 0 Å². The zero-order chi connectivity index (χ0) is 35.6. The fraction of sp³-hybridized carbons (Fsp3) is 0.278. The fourth-order valence-corrected chi connectivity index (χ4v) is 6.22. The Hall–Kier alpha value is -4.35. The molecule has 0 saturated carbocycles. The average Bonchev–Trinajstić information content (AvgIpc) is 3.64. The first-order chi connectivity index (χ1) is 23.4. The number of carbonyl (C=O) groups excluding carboxylic acids is 4. The minimum Gasteiger partial charge on any atom is -0.465 e. The van der Waals surface area contributed by atoms with Crippen LogP contribution in [0.15, 0.2) is 85.2 Å². The van der Waals surface area contributed by atoms with Gasteiger partial charge in [0.2, 0.25) is 0 Å². The van der Waals surface area contributed by atoms with Crippen molar-refractivity contribution in [2.24, 2.45) is 5.73 Å². The van der Waals surface area contributed by atoms with E-state index < -0.39 is 28.2 Å². The van der Waals surface area contributed by atoms with Gasteiger partial charge >= 0.3 is 11.9 Å². The second-order valence-corrected chi connectivity index (χ2v) is 12.4. The summed E-state index contributed by atoms with van der Waals surface area (Å²) in [5, 5.41) is 2.50. The third-order valence-electron chi connectivity index (χ3n) is 7.91. The summed E-state index contributed by atoms with van der Waals surface area (Å²) in [5.41, 5.74) is 8.96. The Morgan fingerprint density at radius 3 is 1.53 bits per heavy atom. The van der Waals surface area contributed by atoms with Gasteiger partial charge < -0.3 is 20.5 Å². The van der Waals surface area contributed by atoms with Gasteiger partial charge in [0, 0.05) is 38.1 Å². The van der Waals surface area contributed by atoms with Crippen LogP contribution in [0.25, 0.3) is 0 Å². The van der Waals surface area contributed by atoms with Crippen LogP contribution in [-0.4, -0.2) is 57.3 Å². The lowest BCUT2D eigenvalue weighted by Crippen LogP contribution is -2.56. The number of benzene rings is 2. The molecular weight excluding hydrogens is 691 g/mol. The van der Waals surface area contributed by atoms with Crippen molar-refractivity contribution in [3.63, 3.8) is 0 Å². The minimum atomic E-state index is -1.12. The van der Waals surface area contributed by atoms with Gasteiger partial charge in [0.15, 0.2) is 0 Å². The predicted octanol–water partition coefficient (Wildman–Crippen LogP) is 5.73. The smallest absolute Gasteiger partial charge is 0.332 e. The summed E-state index contributed by atoms with van der Waals surface area (Å²) in [6.45, 7) is 4.17. The molecule has 0 saturated heterocycles. The van der Waals surface area contributed by atoms with E-state index >= 15 is 0 Å². The first kappa shape index (κ1) is 37.5. The van der Waals surface area contributed by atoms with Gasteiger partial charge in [-0.15, -0.1) is 0 Å². The van der Waals surface area contributed by atoms with Gasteiger partial charge in [-0.1, -0.05) is 71.7 Å². The van der Waals surface area contributed by atoms with E-state index in [1.807, 2.05) is 48.5 Å². The van der Waals surface area contributed by atoms with Gasteiger partial charge in [0.1, 0.15) is 21.4 Å². The van der Waals surface area contributed by atoms with Crippen LogP contribution in [0.2, 0.25) is 10.3 Å². The van der Waals surface area contributed by atoms with Crippen LogP contribution in [0.4, 0.5) is 0 Å². The highest BCUT2D eigenvalue weighted by molar-refractivity contribution is 6.68. The third-order valence-corrected chi connectivity index (χ3v) is 8.71. The molecule has 10 nitrogen and oxygen atoms in total. The van der Waals surface area contributed by atoms with Crippen molar-refractivity contribution >= 4 is 57.9 Å². The van der Waals surface area contributed by atoms with E-state index in [1.165, 1.54) is 18.5 Å². The van der Waals surface area contributed by atoms with E-state index in [1.54, 1.807) is 32.0 Å². The minimum absolute atomic E-state index is 0.101. The van der Waals surface area contributed by atoms with Crippen molar-refractivity contribution in [3.8, 4) is 0 Å². The van der Waals surface area contributed by atoms with E-state index in [0.29, 0.717) is 32.3 Å². The maximum Gasteiger partial charge on any atom is 0.332 e. The number of fused-ring (bicyclic) bond motifs is 2. The first-order valence-electron chi connectivity index (χ1n) is 15.4. The first-order valence-corrected chi connectivity index (χ1v) is 16.6. The summed E-state index contributed by atoms with van der Waals surface area (Å²) in [6, 6.07) is 22.0. The number of hydrogen-bond donors (Lipinski definition) is 2. The summed E-state index contributed by atoms with van der Waals surface area (Å²) in [5.74, 6) is -1.16. The molecule has 2 aliphatic rings. The number of hydrogen-bond acceptors (Lipinski definition) is 9. The molecule has 3 N–H and O–H groups in total. The van der Waals surface area contributed by atoms with Crippen LogP contribution >= 0.6 is 34.8 Å². The molecule has 1 amide bonds. The predicted molar refractivity (Wildman–Crippen MR) is 187 cm³/mol. The SMILES string of the molecule is CCOC(=O)C1(N)Cc2ccccc2C1.CCOC(=O)C1(NC(=O)c2cccnc2Cl)Cc2ccccc2C1.O=C(Cl)c1cccnc1Cl. The Kier molecular flexibility index (Phi) is 12.9. The van der Waals surface area contributed by atoms with E-state index in [-0.39, 0.29) is 34.0 Å². The molecule has 256 valence electrons. The Bertz CT molecular complexity index is 1790. The van der Waals surface area contributed by atoms with Gasteiger partial charge in [0.25, 0.3) is 11.1 Å². The second kappa shape index (κ2) is 16.8. The van der Waals surface area contributed by atoms with Crippen LogP contribution in [0.3, 0.4) is 0 Å². The van der Waals surface area contributed by atoms with E-state index in [0.717, 1.165) is 22.3 Å². The molecule has 2 aromatic carbocycles.